The normalized spacial score (nSPS) is 13.5. The minimum absolute atomic E-state index is 0.104. The molecule has 1 aliphatic heterocycles. The molecule has 0 bridgehead atoms. The van der Waals surface area contributed by atoms with Gasteiger partial charge in [0.2, 0.25) is 0 Å². The number of nitrogens with one attached hydrogen (secondary N) is 1. The molecule has 0 amide bonds. The van der Waals surface area contributed by atoms with Crippen molar-refractivity contribution < 1.29 is 0 Å². The van der Waals surface area contributed by atoms with Crippen LogP contribution in [0.15, 0.2) is 194 Å². The van der Waals surface area contributed by atoms with Gasteiger partial charge in [-0.1, -0.05) is 171 Å². The molecule has 1 aliphatic carbocycles. The third-order valence-corrected chi connectivity index (χ3v) is 15.3. The Morgan fingerprint density at radius 3 is 2.06 bits per heavy atom. The van der Waals surface area contributed by atoms with Crippen LogP contribution in [0.3, 0.4) is 0 Å². The summed E-state index contributed by atoms with van der Waals surface area (Å²) in [4.78, 5) is 2.58. The molecule has 0 saturated carbocycles. The van der Waals surface area contributed by atoms with Crippen molar-refractivity contribution in [3.63, 3.8) is 0 Å². The van der Waals surface area contributed by atoms with Gasteiger partial charge in [0.1, 0.15) is 0 Å². The molecule has 64 heavy (non-hydrogen) atoms. The Morgan fingerprint density at radius 1 is 0.484 bits per heavy atom. The molecule has 4 heteroatoms. The van der Waals surface area contributed by atoms with Crippen LogP contribution >= 0.6 is 11.3 Å². The maximum absolute atomic E-state index is 4.10. The summed E-state index contributed by atoms with van der Waals surface area (Å²) in [5, 5.41) is 11.7. The fourth-order valence-corrected chi connectivity index (χ4v) is 12.2. The van der Waals surface area contributed by atoms with Crippen LogP contribution in [0.4, 0.5) is 28.4 Å². The van der Waals surface area contributed by atoms with Crippen molar-refractivity contribution in [1.29, 1.82) is 0 Å². The quantitative estimate of drug-likeness (QED) is 0.174. The third kappa shape index (κ3) is 5.59. The molecule has 0 atom stereocenters. The Hall–Kier alpha value is -7.40. The van der Waals surface area contributed by atoms with Gasteiger partial charge in [-0.2, -0.15) is 0 Å². The minimum Gasteiger partial charge on any atom is -0.355 e. The second-order valence-corrected chi connectivity index (χ2v) is 19.3. The first-order valence-corrected chi connectivity index (χ1v) is 23.2. The number of aryl methyl sites for hydroxylation is 1. The molecule has 2 aliphatic rings. The van der Waals surface area contributed by atoms with Crippen LogP contribution in [0.25, 0.3) is 75.1 Å². The van der Waals surface area contributed by atoms with E-state index in [1.165, 1.54) is 120 Å². The van der Waals surface area contributed by atoms with Crippen LogP contribution in [-0.4, -0.2) is 7.28 Å². The lowest BCUT2D eigenvalue weighted by Crippen LogP contribution is -2.41. The molecule has 0 radical (unpaired) electrons. The van der Waals surface area contributed by atoms with E-state index < -0.39 is 0 Å². The molecule has 1 N–H and O–H groups in total. The number of anilines is 5. The zero-order valence-corrected chi connectivity index (χ0v) is 36.9. The maximum atomic E-state index is 4.10. The molecule has 302 valence electrons. The highest BCUT2D eigenvalue weighted by atomic mass is 32.1. The van der Waals surface area contributed by atoms with Gasteiger partial charge in [0.15, 0.2) is 7.28 Å². The topological polar surface area (TPSA) is 15.3 Å². The zero-order valence-electron chi connectivity index (χ0n) is 36.0. The number of hydrogen-bond donors (Lipinski definition) is 1. The second kappa shape index (κ2) is 14.1. The lowest BCUT2D eigenvalue weighted by molar-refractivity contribution is 0.660. The van der Waals surface area contributed by atoms with Crippen molar-refractivity contribution in [2.24, 2.45) is 0 Å². The maximum Gasteiger partial charge on any atom is 0.198 e. The molecule has 1 aromatic heterocycles. The van der Waals surface area contributed by atoms with Gasteiger partial charge in [-0.25, -0.2) is 0 Å². The van der Waals surface area contributed by atoms with Gasteiger partial charge in [0, 0.05) is 53.9 Å². The molecule has 11 aromatic rings. The van der Waals surface area contributed by atoms with Crippen LogP contribution in [0.5, 0.6) is 0 Å². The van der Waals surface area contributed by atoms with E-state index in [0.29, 0.717) is 0 Å². The molecule has 10 aromatic carbocycles. The molecule has 0 spiro atoms. The van der Waals surface area contributed by atoms with Gasteiger partial charge >= 0.3 is 0 Å². The number of hydrogen-bond acceptors (Lipinski definition) is 3. The Balaban J connectivity index is 1.06. The van der Waals surface area contributed by atoms with Crippen molar-refractivity contribution >= 4 is 99.7 Å². The highest BCUT2D eigenvalue weighted by Gasteiger charge is 2.36. The summed E-state index contributed by atoms with van der Waals surface area (Å²) in [6, 6.07) is 72.5. The van der Waals surface area contributed by atoms with Gasteiger partial charge in [0.25, 0.3) is 0 Å². The summed E-state index contributed by atoms with van der Waals surface area (Å²) in [7, 11) is 0.806. The molecular formula is C60H43BN2S. The first-order chi connectivity index (χ1) is 31.4. The van der Waals surface area contributed by atoms with Crippen molar-refractivity contribution in [2.45, 2.75) is 26.2 Å². The summed E-state index contributed by atoms with van der Waals surface area (Å²) >= 11 is 1.89. The summed E-state index contributed by atoms with van der Waals surface area (Å²) in [6.45, 7) is 7.00. The van der Waals surface area contributed by atoms with Crippen molar-refractivity contribution in [3.8, 4) is 33.4 Å². The van der Waals surface area contributed by atoms with Crippen LogP contribution in [0, 0.1) is 6.92 Å². The van der Waals surface area contributed by atoms with E-state index in [0.717, 1.165) is 18.7 Å². The van der Waals surface area contributed by atoms with Crippen molar-refractivity contribution in [2.75, 3.05) is 10.2 Å². The van der Waals surface area contributed by atoms with Gasteiger partial charge in [-0.15, -0.1) is 11.3 Å². The van der Waals surface area contributed by atoms with E-state index in [4.69, 9.17) is 0 Å². The number of fused-ring (bicyclic) bond motifs is 10. The van der Waals surface area contributed by atoms with Crippen molar-refractivity contribution in [1.82, 2.24) is 0 Å². The second-order valence-electron chi connectivity index (χ2n) is 18.2. The minimum atomic E-state index is -0.104. The summed E-state index contributed by atoms with van der Waals surface area (Å²) in [6.07, 6.45) is 0. The Morgan fingerprint density at radius 2 is 1.20 bits per heavy atom. The number of benzene rings is 10. The van der Waals surface area contributed by atoms with Crippen LogP contribution < -0.4 is 21.1 Å². The molecule has 0 saturated heterocycles. The average molecular weight is 835 g/mol. The van der Waals surface area contributed by atoms with Gasteiger partial charge in [-0.3, -0.25) is 0 Å². The van der Waals surface area contributed by atoms with Gasteiger partial charge < -0.3 is 10.2 Å². The van der Waals surface area contributed by atoms with E-state index in [-0.39, 0.29) is 5.41 Å². The Bertz CT molecular complexity index is 3730. The van der Waals surface area contributed by atoms with Crippen LogP contribution in [-0.2, 0) is 5.41 Å². The summed E-state index contributed by atoms with van der Waals surface area (Å²) in [5.74, 6) is 0. The molecule has 0 fully saturated rings. The Kier molecular flexibility index (Phi) is 8.17. The lowest BCUT2D eigenvalue weighted by Gasteiger charge is -2.36. The SMILES string of the molecule is Cc1cc(-c2ccccc2)ccc1N1c2cc3sc4ccccc4c3cc2Bc2c1cc1ccccc1c2-c1ccc2ccccc2c1Nc1ccc2c(c1)C(C)(C)c1ccccc1-2. The lowest BCUT2D eigenvalue weighted by atomic mass is 9.57. The average Bonchev–Trinajstić information content (AvgIpc) is 3.80. The van der Waals surface area contributed by atoms with E-state index >= 15 is 0 Å². The smallest absolute Gasteiger partial charge is 0.198 e. The summed E-state index contributed by atoms with van der Waals surface area (Å²) < 4.78 is 2.64. The summed E-state index contributed by atoms with van der Waals surface area (Å²) in [5.41, 5.74) is 20.0. The van der Waals surface area contributed by atoms with E-state index in [1.54, 1.807) is 0 Å². The Labute approximate surface area is 378 Å². The first kappa shape index (κ1) is 37.2. The molecule has 13 rings (SSSR count). The third-order valence-electron chi connectivity index (χ3n) is 14.2. The molecule has 2 heterocycles. The molecule has 0 unspecified atom stereocenters. The number of nitrogens with zero attached hydrogens (tertiary/aromatic N) is 1. The van der Waals surface area contributed by atoms with E-state index in [1.807, 2.05) is 11.3 Å². The standard InChI is InChI=1S/C60H43BN2S/c1-36-31-39(37-15-5-4-6-16-37)26-30-52(36)63-53-35-56-48(46-22-12-14-24-55(46)64-56)34-51(53)61-58-54(63)32-40-18-8-9-19-42(40)57(58)47-28-25-38-17-7-10-20-43(38)59(47)62-41-27-29-45-44-21-11-13-23-49(44)60(2,3)50(45)33-41/h4-35,61-62H,1-3H3. The molecular weight excluding hydrogens is 792 g/mol. The zero-order chi connectivity index (χ0) is 42.7. The van der Waals surface area contributed by atoms with Crippen molar-refractivity contribution in [3.05, 3.63) is 211 Å². The highest BCUT2D eigenvalue weighted by Crippen LogP contribution is 2.51. The predicted octanol–water partition coefficient (Wildman–Crippen LogP) is 15.2. The first-order valence-electron chi connectivity index (χ1n) is 22.4. The van der Waals surface area contributed by atoms with Gasteiger partial charge in [-0.05, 0) is 121 Å². The molecule has 2 nitrogen and oxygen atoms in total. The predicted molar refractivity (Wildman–Crippen MR) is 278 cm³/mol. The largest absolute Gasteiger partial charge is 0.355 e. The van der Waals surface area contributed by atoms with E-state index in [2.05, 4.69) is 225 Å². The monoisotopic (exact) mass is 834 g/mol. The highest BCUT2D eigenvalue weighted by molar-refractivity contribution is 7.25. The number of rotatable bonds is 5. The van der Waals surface area contributed by atoms with Gasteiger partial charge in [0.05, 0.1) is 5.69 Å². The van der Waals surface area contributed by atoms with Crippen LogP contribution in [0.2, 0.25) is 0 Å². The van der Waals surface area contributed by atoms with E-state index in [9.17, 15) is 0 Å². The van der Waals surface area contributed by atoms with Crippen LogP contribution in [0.1, 0.15) is 30.5 Å². The number of thiophene rings is 1. The fraction of sp³-hybridized carbons (Fsp3) is 0.0667. The fourth-order valence-electron chi connectivity index (χ4n) is 11.1.